The molecule has 0 aliphatic rings. The summed E-state index contributed by atoms with van der Waals surface area (Å²) in [7, 11) is 1.19. The first kappa shape index (κ1) is 14.5. The second-order valence-electron chi connectivity index (χ2n) is 3.18. The molecule has 0 N–H and O–H groups in total. The molecule has 0 spiro atoms. The summed E-state index contributed by atoms with van der Waals surface area (Å²) in [6.45, 7) is 2.21. The maximum atomic E-state index is 11.4. The molecule has 1 heterocycles. The lowest BCUT2D eigenvalue weighted by Gasteiger charge is -1.99. The van der Waals surface area contributed by atoms with Gasteiger partial charge in [-0.15, -0.1) is 0 Å². The van der Waals surface area contributed by atoms with Crippen molar-refractivity contribution in [1.29, 1.82) is 0 Å². The first-order valence-electron chi connectivity index (χ1n) is 4.77. The Morgan fingerprint density at radius 1 is 1.59 bits per heavy atom. The molecule has 1 aromatic heterocycles. The van der Waals surface area contributed by atoms with Gasteiger partial charge < -0.3 is 9.15 Å². The maximum Gasteiger partial charge on any atom is 0.374 e. The maximum absolute atomic E-state index is 11.4. The van der Waals surface area contributed by atoms with Crippen molar-refractivity contribution in [3.8, 4) is 0 Å². The second kappa shape index (κ2) is 5.88. The normalized spacial score (nSPS) is 11.5. The highest BCUT2D eigenvalue weighted by atomic mass is 79.9. The van der Waals surface area contributed by atoms with Gasteiger partial charge >= 0.3 is 5.97 Å². The number of carbonyl (C=O) groups is 1. The Morgan fingerprint density at radius 3 is 2.71 bits per heavy atom. The number of hydrogen-bond acceptors (Lipinski definition) is 5. The van der Waals surface area contributed by atoms with Gasteiger partial charge in [-0.05, 0) is 22.4 Å². The first-order valence-corrected chi connectivity index (χ1v) is 7.87. The molecular formula is C9H10BrClO5S. The zero-order valence-electron chi connectivity index (χ0n) is 8.90. The minimum atomic E-state index is -3.95. The summed E-state index contributed by atoms with van der Waals surface area (Å²) in [5, 5.41) is 0. The van der Waals surface area contributed by atoms with E-state index in [0.717, 1.165) is 18.9 Å². The van der Waals surface area contributed by atoms with Crippen LogP contribution >= 0.6 is 26.6 Å². The van der Waals surface area contributed by atoms with E-state index in [-0.39, 0.29) is 21.9 Å². The summed E-state index contributed by atoms with van der Waals surface area (Å²) in [6, 6.07) is 1.03. The van der Waals surface area contributed by atoms with Crippen LogP contribution in [0.1, 0.15) is 30.3 Å². The van der Waals surface area contributed by atoms with E-state index in [1.807, 2.05) is 6.92 Å². The zero-order chi connectivity index (χ0) is 13.1. The highest BCUT2D eigenvalue weighted by Gasteiger charge is 2.23. The van der Waals surface area contributed by atoms with E-state index in [9.17, 15) is 13.2 Å². The third kappa shape index (κ3) is 4.01. The first-order chi connectivity index (χ1) is 7.86. The fourth-order valence-corrected chi connectivity index (χ4v) is 3.03. The molecule has 0 aliphatic carbocycles. The summed E-state index contributed by atoms with van der Waals surface area (Å²) < 4.78 is 31.8. The van der Waals surface area contributed by atoms with Crippen molar-refractivity contribution in [3.05, 3.63) is 16.5 Å². The molecule has 0 aromatic carbocycles. The molecule has 0 saturated carbocycles. The largest absolute Gasteiger partial charge is 0.460 e. The van der Waals surface area contributed by atoms with Crippen LogP contribution in [0.25, 0.3) is 0 Å². The number of halogens is 2. The number of furan rings is 1. The lowest BCUT2D eigenvalue weighted by atomic mass is 10.4. The van der Waals surface area contributed by atoms with Crippen LogP contribution in [0.5, 0.6) is 0 Å². The Morgan fingerprint density at radius 2 is 2.24 bits per heavy atom. The summed E-state index contributed by atoms with van der Waals surface area (Å²) in [5.74, 6) is -0.919. The molecule has 0 aliphatic heterocycles. The lowest BCUT2D eigenvalue weighted by molar-refractivity contribution is 0.0462. The van der Waals surface area contributed by atoms with E-state index < -0.39 is 15.0 Å². The van der Waals surface area contributed by atoms with Crippen molar-refractivity contribution in [2.24, 2.45) is 0 Å². The van der Waals surface area contributed by atoms with E-state index >= 15 is 0 Å². The van der Waals surface area contributed by atoms with Gasteiger partial charge in [-0.2, -0.15) is 0 Å². The van der Waals surface area contributed by atoms with Crippen LogP contribution in [0.15, 0.2) is 20.0 Å². The van der Waals surface area contributed by atoms with Crippen LogP contribution in [0.4, 0.5) is 0 Å². The van der Waals surface area contributed by atoms with Gasteiger partial charge in [0.25, 0.3) is 9.05 Å². The summed E-state index contributed by atoms with van der Waals surface area (Å²) in [4.78, 5) is 11.1. The fourth-order valence-electron chi connectivity index (χ4n) is 0.999. The summed E-state index contributed by atoms with van der Waals surface area (Å²) in [5.41, 5.74) is 0. The highest BCUT2D eigenvalue weighted by molar-refractivity contribution is 9.10. The summed E-state index contributed by atoms with van der Waals surface area (Å²) in [6.07, 6.45) is 1.62. The van der Waals surface area contributed by atoms with Crippen LogP contribution in [0, 0.1) is 0 Å². The molecule has 0 saturated heterocycles. The molecule has 0 amide bonds. The lowest BCUT2D eigenvalue weighted by Crippen LogP contribution is -2.05. The topological polar surface area (TPSA) is 73.6 Å². The van der Waals surface area contributed by atoms with Crippen molar-refractivity contribution < 1.29 is 22.4 Å². The van der Waals surface area contributed by atoms with Crippen LogP contribution in [0.3, 0.4) is 0 Å². The van der Waals surface area contributed by atoms with E-state index in [0.29, 0.717) is 0 Å². The van der Waals surface area contributed by atoms with Gasteiger partial charge in [-0.3, -0.25) is 0 Å². The second-order valence-corrected chi connectivity index (χ2v) is 6.43. The zero-order valence-corrected chi connectivity index (χ0v) is 12.1. The van der Waals surface area contributed by atoms with E-state index in [1.54, 1.807) is 0 Å². The molecule has 0 unspecified atom stereocenters. The van der Waals surface area contributed by atoms with Crippen LogP contribution in [0.2, 0.25) is 0 Å². The van der Waals surface area contributed by atoms with Crippen molar-refractivity contribution in [2.45, 2.75) is 24.7 Å². The number of hydrogen-bond donors (Lipinski definition) is 0. The van der Waals surface area contributed by atoms with Gasteiger partial charge in [0, 0.05) is 16.7 Å². The molecule has 0 bridgehead atoms. The predicted octanol–water partition coefficient (Wildman–Crippen LogP) is 2.93. The van der Waals surface area contributed by atoms with Gasteiger partial charge in [-0.25, -0.2) is 13.2 Å². The molecular weight excluding hydrogens is 336 g/mol. The smallest absolute Gasteiger partial charge is 0.374 e. The molecule has 8 heteroatoms. The Hall–Kier alpha value is -0.530. The van der Waals surface area contributed by atoms with Gasteiger partial charge in [0.05, 0.1) is 6.61 Å². The third-order valence-corrected chi connectivity index (χ3v) is 4.03. The molecule has 0 radical (unpaired) electrons. The number of rotatable bonds is 5. The molecule has 1 aromatic rings. The van der Waals surface area contributed by atoms with Gasteiger partial charge in [-0.1, -0.05) is 13.3 Å². The van der Waals surface area contributed by atoms with Crippen LogP contribution in [-0.4, -0.2) is 21.0 Å². The molecule has 1 rings (SSSR count). The number of unbranched alkanes of at least 4 members (excludes halogenated alkanes) is 1. The molecule has 5 nitrogen and oxygen atoms in total. The number of carbonyl (C=O) groups excluding carboxylic acids is 1. The van der Waals surface area contributed by atoms with Crippen molar-refractivity contribution in [2.75, 3.05) is 6.61 Å². The van der Waals surface area contributed by atoms with Crippen molar-refractivity contribution in [3.63, 3.8) is 0 Å². The van der Waals surface area contributed by atoms with Crippen molar-refractivity contribution in [1.82, 2.24) is 0 Å². The van der Waals surface area contributed by atoms with Crippen LogP contribution in [-0.2, 0) is 13.8 Å². The van der Waals surface area contributed by atoms with Crippen LogP contribution < -0.4 is 0 Å². The molecule has 17 heavy (non-hydrogen) atoms. The standard InChI is InChI=1S/C9H10BrClO5S/c1-2-3-4-15-9(12)6-5-7(8(10)16-6)17(11,13)14/h5H,2-4H2,1H3. The Balaban J connectivity index is 2.83. The average Bonchev–Trinajstić information content (AvgIpc) is 2.60. The predicted molar refractivity (Wildman–Crippen MR) is 64.6 cm³/mol. The van der Waals surface area contributed by atoms with E-state index in [1.165, 1.54) is 0 Å². The van der Waals surface area contributed by atoms with Gasteiger partial charge in [0.2, 0.25) is 5.76 Å². The average molecular weight is 346 g/mol. The number of ether oxygens (including phenoxy) is 1. The minimum Gasteiger partial charge on any atom is -0.460 e. The molecule has 0 atom stereocenters. The van der Waals surface area contributed by atoms with Gasteiger partial charge in [0.1, 0.15) is 4.90 Å². The highest BCUT2D eigenvalue weighted by Crippen LogP contribution is 2.29. The third-order valence-electron chi connectivity index (χ3n) is 1.85. The van der Waals surface area contributed by atoms with Crippen molar-refractivity contribution >= 4 is 41.6 Å². The Labute approximate surface area is 112 Å². The Bertz CT molecular complexity index is 507. The molecule has 0 fully saturated rings. The van der Waals surface area contributed by atoms with E-state index in [2.05, 4.69) is 15.9 Å². The Kier molecular flexibility index (Phi) is 5.03. The molecule has 96 valence electrons. The fraction of sp³-hybridized carbons (Fsp3) is 0.444. The summed E-state index contributed by atoms with van der Waals surface area (Å²) >= 11 is 2.87. The number of esters is 1. The SMILES string of the molecule is CCCCOC(=O)c1cc(S(=O)(=O)Cl)c(Br)o1. The quantitative estimate of drug-likeness (QED) is 0.466. The van der Waals surface area contributed by atoms with E-state index in [4.69, 9.17) is 19.8 Å². The monoisotopic (exact) mass is 344 g/mol. The minimum absolute atomic E-state index is 0.116. The van der Waals surface area contributed by atoms with Gasteiger partial charge in [0.15, 0.2) is 4.67 Å².